The van der Waals surface area contributed by atoms with Gasteiger partial charge in [0.2, 0.25) is 5.91 Å². The molecule has 0 aliphatic heterocycles. The van der Waals surface area contributed by atoms with Gasteiger partial charge in [0.1, 0.15) is 11.5 Å². The Morgan fingerprint density at radius 3 is 2.40 bits per heavy atom. The number of amides is 1. The molecule has 1 aromatic carbocycles. The van der Waals surface area contributed by atoms with Gasteiger partial charge in [0.15, 0.2) is 0 Å². The maximum Gasteiger partial charge on any atom is 0.348 e. The molecule has 40 heavy (non-hydrogen) atoms. The summed E-state index contributed by atoms with van der Waals surface area (Å²) in [6.07, 6.45) is 10.3. The minimum atomic E-state index is -0.995. The summed E-state index contributed by atoms with van der Waals surface area (Å²) in [7, 11) is 0. The summed E-state index contributed by atoms with van der Waals surface area (Å²) in [5, 5.41) is 24.7. The predicted molar refractivity (Wildman–Crippen MR) is 159 cm³/mol. The molecule has 0 saturated heterocycles. The van der Waals surface area contributed by atoms with Crippen LogP contribution in [0.3, 0.4) is 0 Å². The van der Waals surface area contributed by atoms with Crippen LogP contribution in [0.5, 0.6) is 0 Å². The number of thiophene rings is 1. The number of carboxylic acids is 1. The van der Waals surface area contributed by atoms with E-state index in [0.29, 0.717) is 50.3 Å². The zero-order chi connectivity index (χ0) is 28.1. The first-order chi connectivity index (χ1) is 19.4. The second kappa shape index (κ2) is 13.1. The van der Waals surface area contributed by atoms with E-state index < -0.39 is 5.97 Å². The molecule has 3 aliphatic carbocycles. The summed E-state index contributed by atoms with van der Waals surface area (Å²) in [6, 6.07) is 11.8. The molecule has 2 saturated carbocycles. The second-order valence-electron chi connectivity index (χ2n) is 11.6. The SMILES string of the molecule is C[C@H]1CC[C@H](C(=O)N(c2cc(C3=CC/C(=N\OCc4ccccc4)CC3)sc2C(=O)O)[C@H]2CC[C@H](O)CC2)CC1. The third kappa shape index (κ3) is 6.84. The lowest BCUT2D eigenvalue weighted by Crippen LogP contribution is -2.47. The van der Waals surface area contributed by atoms with Crippen molar-refractivity contribution in [2.24, 2.45) is 17.0 Å². The van der Waals surface area contributed by atoms with E-state index in [0.717, 1.165) is 60.3 Å². The Kier molecular flexibility index (Phi) is 9.37. The fraction of sp³-hybridized carbons (Fsp3) is 0.531. The highest BCUT2D eigenvalue weighted by atomic mass is 32.1. The van der Waals surface area contributed by atoms with Crippen molar-refractivity contribution in [2.45, 2.75) is 96.3 Å². The highest BCUT2D eigenvalue weighted by molar-refractivity contribution is 7.15. The number of hydrogen-bond donors (Lipinski definition) is 2. The lowest BCUT2D eigenvalue weighted by molar-refractivity contribution is -0.124. The van der Waals surface area contributed by atoms with Gasteiger partial charge >= 0.3 is 5.97 Å². The van der Waals surface area contributed by atoms with Crippen LogP contribution in [-0.4, -0.2) is 39.9 Å². The van der Waals surface area contributed by atoms with Crippen LogP contribution in [0.25, 0.3) is 5.57 Å². The van der Waals surface area contributed by atoms with Crippen LogP contribution >= 0.6 is 11.3 Å². The van der Waals surface area contributed by atoms with E-state index in [1.54, 1.807) is 0 Å². The van der Waals surface area contributed by atoms with Gasteiger partial charge in [-0.1, -0.05) is 48.5 Å². The Hall–Kier alpha value is -2.97. The molecule has 7 nitrogen and oxygen atoms in total. The van der Waals surface area contributed by atoms with E-state index in [1.165, 1.54) is 11.3 Å². The predicted octanol–water partition coefficient (Wildman–Crippen LogP) is 7.05. The Bertz CT molecular complexity index is 1240. The zero-order valence-electron chi connectivity index (χ0n) is 23.3. The number of carbonyl (C=O) groups excluding carboxylic acids is 1. The summed E-state index contributed by atoms with van der Waals surface area (Å²) < 4.78 is 0. The summed E-state index contributed by atoms with van der Waals surface area (Å²) >= 11 is 1.27. The number of carboxylic acid groups (broad SMARTS) is 1. The van der Waals surface area contributed by atoms with Crippen molar-refractivity contribution in [3.05, 3.63) is 57.8 Å². The van der Waals surface area contributed by atoms with E-state index in [9.17, 15) is 19.8 Å². The Labute approximate surface area is 240 Å². The van der Waals surface area contributed by atoms with Gasteiger partial charge in [-0.3, -0.25) is 4.79 Å². The largest absolute Gasteiger partial charge is 0.477 e. The number of aliphatic hydroxyl groups excluding tert-OH is 1. The monoisotopic (exact) mass is 564 g/mol. The highest BCUT2D eigenvalue weighted by Crippen LogP contribution is 2.42. The van der Waals surface area contributed by atoms with Crippen LogP contribution in [0.4, 0.5) is 5.69 Å². The Morgan fingerprint density at radius 2 is 1.75 bits per heavy atom. The number of nitrogens with zero attached hydrogens (tertiary/aromatic N) is 2. The number of allylic oxidation sites excluding steroid dienone is 2. The smallest absolute Gasteiger partial charge is 0.348 e. The van der Waals surface area contributed by atoms with Crippen molar-refractivity contribution in [3.8, 4) is 0 Å². The van der Waals surface area contributed by atoms with Crippen molar-refractivity contribution < 1.29 is 24.6 Å². The molecule has 0 bridgehead atoms. The van der Waals surface area contributed by atoms with Crippen molar-refractivity contribution in [1.82, 2.24) is 0 Å². The molecule has 0 unspecified atom stereocenters. The van der Waals surface area contributed by atoms with Crippen molar-refractivity contribution in [1.29, 1.82) is 0 Å². The summed E-state index contributed by atoms with van der Waals surface area (Å²) in [5.41, 5.74) is 3.67. The first-order valence-corrected chi connectivity index (χ1v) is 15.5. The average Bonchev–Trinajstić information content (AvgIpc) is 3.41. The maximum atomic E-state index is 14.0. The van der Waals surface area contributed by atoms with E-state index in [-0.39, 0.29) is 28.8 Å². The van der Waals surface area contributed by atoms with Crippen LogP contribution in [-0.2, 0) is 16.2 Å². The topological polar surface area (TPSA) is 99.4 Å². The number of aromatic carboxylic acids is 1. The Balaban J connectivity index is 1.36. The van der Waals surface area contributed by atoms with Crippen LogP contribution in [0.2, 0.25) is 0 Å². The summed E-state index contributed by atoms with van der Waals surface area (Å²) in [4.78, 5) is 35.0. The van der Waals surface area contributed by atoms with Crippen LogP contribution in [0, 0.1) is 11.8 Å². The fourth-order valence-corrected chi connectivity index (χ4v) is 7.25. The van der Waals surface area contributed by atoms with E-state index in [4.69, 9.17) is 4.84 Å². The first-order valence-electron chi connectivity index (χ1n) is 14.7. The standard InChI is InChI=1S/C32H40N2O5S/c1-21-7-9-24(10-8-21)31(36)34(26-15-17-27(35)18-16-26)28-19-29(40-30(28)32(37)38)23-11-13-25(14-12-23)33-39-20-22-5-3-2-4-6-22/h2-6,11,19,21,24,26-27,35H,7-10,12-18,20H2,1H3,(H,37,38)/b33-25+/t21-,24-,26-,27-. The molecular formula is C32H40N2O5S. The molecule has 5 rings (SSSR count). The molecule has 1 amide bonds. The third-order valence-corrected chi connectivity index (χ3v) is 9.84. The molecule has 0 atom stereocenters. The molecular weight excluding hydrogens is 524 g/mol. The molecule has 1 aromatic heterocycles. The van der Waals surface area contributed by atoms with Gasteiger partial charge in [-0.2, -0.15) is 0 Å². The number of oxime groups is 1. The van der Waals surface area contributed by atoms with Crippen LogP contribution in [0.15, 0.2) is 47.6 Å². The second-order valence-corrected chi connectivity index (χ2v) is 12.7. The number of rotatable bonds is 8. The van der Waals surface area contributed by atoms with E-state index in [1.807, 2.05) is 41.3 Å². The Morgan fingerprint density at radius 1 is 1.02 bits per heavy atom. The van der Waals surface area contributed by atoms with E-state index in [2.05, 4.69) is 18.2 Å². The van der Waals surface area contributed by atoms with Crippen LogP contribution < -0.4 is 4.90 Å². The van der Waals surface area contributed by atoms with Crippen molar-refractivity contribution >= 4 is 40.2 Å². The minimum absolute atomic E-state index is 0.0581. The van der Waals surface area contributed by atoms with E-state index >= 15 is 0 Å². The lowest BCUT2D eigenvalue weighted by Gasteiger charge is -2.38. The number of aliphatic hydroxyl groups is 1. The third-order valence-electron chi connectivity index (χ3n) is 8.65. The fourth-order valence-electron chi connectivity index (χ4n) is 6.19. The molecule has 1 heterocycles. The van der Waals surface area contributed by atoms with Crippen molar-refractivity contribution in [2.75, 3.05) is 4.90 Å². The van der Waals surface area contributed by atoms with Gasteiger partial charge in [-0.15, -0.1) is 11.3 Å². The number of benzene rings is 1. The lowest BCUT2D eigenvalue weighted by atomic mass is 9.81. The van der Waals surface area contributed by atoms with Gasteiger partial charge < -0.3 is 20.0 Å². The molecule has 2 N–H and O–H groups in total. The van der Waals surface area contributed by atoms with Gasteiger partial charge in [-0.25, -0.2) is 4.79 Å². The van der Waals surface area contributed by atoms with Gasteiger partial charge in [0.05, 0.1) is 17.5 Å². The van der Waals surface area contributed by atoms with Crippen LogP contribution in [0.1, 0.15) is 97.7 Å². The van der Waals surface area contributed by atoms with Gasteiger partial charge in [-0.05, 0) is 87.3 Å². The molecule has 214 valence electrons. The molecule has 0 spiro atoms. The number of hydrogen-bond acceptors (Lipinski definition) is 6. The molecule has 2 fully saturated rings. The van der Waals surface area contributed by atoms with Gasteiger partial charge in [0, 0.05) is 23.3 Å². The molecule has 3 aliphatic rings. The zero-order valence-corrected chi connectivity index (χ0v) is 24.1. The highest BCUT2D eigenvalue weighted by Gasteiger charge is 2.37. The first kappa shape index (κ1) is 28.6. The number of carbonyl (C=O) groups is 2. The van der Waals surface area contributed by atoms with Gasteiger partial charge in [0.25, 0.3) is 0 Å². The van der Waals surface area contributed by atoms with Crippen molar-refractivity contribution in [3.63, 3.8) is 0 Å². The maximum absolute atomic E-state index is 14.0. The molecule has 0 radical (unpaired) electrons. The summed E-state index contributed by atoms with van der Waals surface area (Å²) in [5.74, 6) is -0.385. The number of anilines is 1. The molecule has 8 heteroatoms. The average molecular weight is 565 g/mol. The quantitative estimate of drug-likeness (QED) is 0.335. The molecule has 2 aromatic rings. The summed E-state index contributed by atoms with van der Waals surface area (Å²) in [6.45, 7) is 2.66. The minimum Gasteiger partial charge on any atom is -0.477 e. The normalized spacial score (nSPS) is 26.2.